The van der Waals surface area contributed by atoms with Gasteiger partial charge in [-0.25, -0.2) is 0 Å². The lowest BCUT2D eigenvalue weighted by Crippen LogP contribution is -2.32. The van der Waals surface area contributed by atoms with Crippen LogP contribution >= 0.6 is 0 Å². The monoisotopic (exact) mass is 291 g/mol. The first-order valence-electron chi connectivity index (χ1n) is 7.63. The van der Waals surface area contributed by atoms with E-state index in [1.807, 2.05) is 24.3 Å². The molecule has 2 unspecified atom stereocenters. The number of hydrogen-bond donors (Lipinski definition) is 4. The van der Waals surface area contributed by atoms with Crippen LogP contribution in [0.15, 0.2) is 29.4 Å². The molecular weight excluding hydrogens is 266 g/mol. The maximum atomic E-state index is 9.44. The van der Waals surface area contributed by atoms with Crippen molar-refractivity contribution in [1.82, 2.24) is 5.32 Å². The summed E-state index contributed by atoms with van der Waals surface area (Å²) in [7, 11) is 0. The molecule has 0 saturated heterocycles. The smallest absolute Gasteiger partial charge is 0.170 e. The van der Waals surface area contributed by atoms with Crippen LogP contribution in [0.4, 0.5) is 0 Å². The molecule has 1 aliphatic rings. The predicted octanol–water partition coefficient (Wildman–Crippen LogP) is 1.67. The Labute approximate surface area is 125 Å². The molecule has 2 atom stereocenters. The highest BCUT2D eigenvalue weighted by atomic mass is 16.4. The quantitative estimate of drug-likeness (QED) is 0.278. The minimum atomic E-state index is 0.137. The van der Waals surface area contributed by atoms with E-state index < -0.39 is 0 Å². The van der Waals surface area contributed by atoms with E-state index in [1.165, 1.54) is 19.3 Å². The van der Waals surface area contributed by atoms with Gasteiger partial charge in [0.25, 0.3) is 0 Å². The highest BCUT2D eigenvalue weighted by Gasteiger charge is 2.23. The SMILES string of the molecule is NC(=NO)c1ccccc1CNCC1CCCCC1CO. The number of benzene rings is 1. The van der Waals surface area contributed by atoms with Crippen molar-refractivity contribution >= 4 is 5.84 Å². The molecule has 1 aromatic carbocycles. The molecule has 0 aliphatic heterocycles. The van der Waals surface area contributed by atoms with E-state index in [2.05, 4.69) is 10.5 Å². The molecule has 5 heteroatoms. The first kappa shape index (κ1) is 15.8. The van der Waals surface area contributed by atoms with Crippen molar-refractivity contribution in [3.63, 3.8) is 0 Å². The Hall–Kier alpha value is -1.59. The fraction of sp³-hybridized carbons (Fsp3) is 0.562. The normalized spacial score (nSPS) is 23.2. The van der Waals surface area contributed by atoms with Gasteiger partial charge in [0.2, 0.25) is 0 Å². The number of oxime groups is 1. The zero-order valence-corrected chi connectivity index (χ0v) is 12.3. The van der Waals surface area contributed by atoms with Crippen LogP contribution in [0, 0.1) is 11.8 Å². The van der Waals surface area contributed by atoms with Gasteiger partial charge in [-0.3, -0.25) is 0 Å². The molecule has 5 N–H and O–H groups in total. The Morgan fingerprint density at radius 1 is 1.24 bits per heavy atom. The second-order valence-corrected chi connectivity index (χ2v) is 5.76. The first-order chi connectivity index (χ1) is 10.3. The van der Waals surface area contributed by atoms with E-state index >= 15 is 0 Å². The molecule has 21 heavy (non-hydrogen) atoms. The third kappa shape index (κ3) is 4.19. The van der Waals surface area contributed by atoms with Crippen molar-refractivity contribution in [2.24, 2.45) is 22.7 Å². The molecule has 1 saturated carbocycles. The molecule has 0 heterocycles. The lowest BCUT2D eigenvalue weighted by Gasteiger charge is -2.30. The minimum absolute atomic E-state index is 0.137. The molecule has 5 nitrogen and oxygen atoms in total. The van der Waals surface area contributed by atoms with Gasteiger partial charge < -0.3 is 21.4 Å². The zero-order chi connectivity index (χ0) is 15.1. The van der Waals surface area contributed by atoms with Gasteiger partial charge in [-0.15, -0.1) is 0 Å². The summed E-state index contributed by atoms with van der Waals surface area (Å²) < 4.78 is 0. The van der Waals surface area contributed by atoms with Gasteiger partial charge in [0.05, 0.1) is 0 Å². The summed E-state index contributed by atoms with van der Waals surface area (Å²) in [4.78, 5) is 0. The molecule has 1 aliphatic carbocycles. The van der Waals surface area contributed by atoms with Gasteiger partial charge >= 0.3 is 0 Å². The third-order valence-electron chi connectivity index (χ3n) is 4.42. The van der Waals surface area contributed by atoms with E-state index in [0.717, 1.165) is 24.1 Å². The average Bonchev–Trinajstić information content (AvgIpc) is 2.55. The third-order valence-corrected chi connectivity index (χ3v) is 4.42. The van der Waals surface area contributed by atoms with Crippen molar-refractivity contribution in [3.05, 3.63) is 35.4 Å². The summed E-state index contributed by atoms with van der Waals surface area (Å²) in [6.07, 6.45) is 4.79. The van der Waals surface area contributed by atoms with Crippen LogP contribution in [0.25, 0.3) is 0 Å². The molecule has 0 spiro atoms. The summed E-state index contributed by atoms with van der Waals surface area (Å²) in [6.45, 7) is 1.86. The van der Waals surface area contributed by atoms with Gasteiger partial charge in [-0.2, -0.15) is 0 Å². The number of amidine groups is 1. The minimum Gasteiger partial charge on any atom is -0.409 e. The largest absolute Gasteiger partial charge is 0.409 e. The van der Waals surface area contributed by atoms with Crippen molar-refractivity contribution in [2.75, 3.05) is 13.2 Å². The first-order valence-corrected chi connectivity index (χ1v) is 7.63. The van der Waals surface area contributed by atoms with Crippen molar-refractivity contribution in [3.8, 4) is 0 Å². The lowest BCUT2D eigenvalue weighted by molar-refractivity contribution is 0.133. The summed E-state index contributed by atoms with van der Waals surface area (Å²) in [5.41, 5.74) is 7.47. The summed E-state index contributed by atoms with van der Waals surface area (Å²) >= 11 is 0. The molecule has 1 aromatic rings. The van der Waals surface area contributed by atoms with Crippen LogP contribution in [0.5, 0.6) is 0 Å². The second-order valence-electron chi connectivity index (χ2n) is 5.76. The maximum absolute atomic E-state index is 9.44. The molecule has 0 bridgehead atoms. The highest BCUT2D eigenvalue weighted by molar-refractivity contribution is 5.98. The predicted molar refractivity (Wildman–Crippen MR) is 83.2 cm³/mol. The van der Waals surface area contributed by atoms with Crippen molar-refractivity contribution in [1.29, 1.82) is 0 Å². The van der Waals surface area contributed by atoms with Gasteiger partial charge in [0.1, 0.15) is 0 Å². The Bertz CT molecular complexity index is 476. The number of nitrogens with one attached hydrogen (secondary N) is 1. The van der Waals surface area contributed by atoms with Crippen LogP contribution in [0.1, 0.15) is 36.8 Å². The van der Waals surface area contributed by atoms with Gasteiger partial charge in [-0.05, 0) is 36.8 Å². The van der Waals surface area contributed by atoms with Crippen LogP contribution in [0.3, 0.4) is 0 Å². The number of aliphatic hydroxyl groups is 1. The number of nitrogens with two attached hydrogens (primary N) is 1. The van der Waals surface area contributed by atoms with Gasteiger partial charge in [-0.1, -0.05) is 42.3 Å². The standard InChI is InChI=1S/C16H25N3O2/c17-16(19-21)15-8-4-3-6-13(15)10-18-9-12-5-1-2-7-14(12)11-20/h3-4,6,8,12,14,18,20-21H,1-2,5,7,9-11H2,(H2,17,19). The van der Waals surface area contributed by atoms with Crippen molar-refractivity contribution < 1.29 is 10.3 Å². The van der Waals surface area contributed by atoms with Crippen LogP contribution < -0.4 is 11.1 Å². The van der Waals surface area contributed by atoms with Crippen LogP contribution in [0.2, 0.25) is 0 Å². The fourth-order valence-corrected chi connectivity index (χ4v) is 3.16. The van der Waals surface area contributed by atoms with Crippen LogP contribution in [-0.2, 0) is 6.54 Å². The lowest BCUT2D eigenvalue weighted by atomic mass is 9.79. The van der Waals surface area contributed by atoms with E-state index in [1.54, 1.807) is 0 Å². The molecule has 0 amide bonds. The number of nitrogens with zero attached hydrogens (tertiary/aromatic N) is 1. The Morgan fingerprint density at radius 2 is 1.95 bits per heavy atom. The Morgan fingerprint density at radius 3 is 2.67 bits per heavy atom. The molecular formula is C16H25N3O2. The van der Waals surface area contributed by atoms with E-state index in [9.17, 15) is 5.11 Å². The molecule has 0 radical (unpaired) electrons. The average molecular weight is 291 g/mol. The molecule has 1 fully saturated rings. The van der Waals surface area contributed by atoms with E-state index in [4.69, 9.17) is 10.9 Å². The molecule has 2 rings (SSSR count). The molecule has 0 aromatic heterocycles. The highest BCUT2D eigenvalue weighted by Crippen LogP contribution is 2.29. The number of aliphatic hydroxyl groups excluding tert-OH is 1. The van der Waals surface area contributed by atoms with Gasteiger partial charge in [0.15, 0.2) is 5.84 Å². The Balaban J connectivity index is 1.91. The summed E-state index contributed by atoms with van der Waals surface area (Å²) in [5.74, 6) is 1.10. The van der Waals surface area contributed by atoms with E-state index in [-0.39, 0.29) is 12.4 Å². The van der Waals surface area contributed by atoms with E-state index in [0.29, 0.717) is 18.4 Å². The summed E-state index contributed by atoms with van der Waals surface area (Å²) in [5, 5.41) is 24.8. The topological polar surface area (TPSA) is 90.9 Å². The maximum Gasteiger partial charge on any atom is 0.170 e. The fourth-order valence-electron chi connectivity index (χ4n) is 3.16. The van der Waals surface area contributed by atoms with Crippen molar-refractivity contribution in [2.45, 2.75) is 32.2 Å². The second kappa shape index (κ2) is 8.00. The number of rotatable bonds is 6. The zero-order valence-electron chi connectivity index (χ0n) is 12.3. The van der Waals surface area contributed by atoms with Gasteiger partial charge in [0, 0.05) is 18.7 Å². The number of hydrogen-bond acceptors (Lipinski definition) is 4. The summed E-state index contributed by atoms with van der Waals surface area (Å²) in [6, 6.07) is 7.65. The Kier molecular flexibility index (Phi) is 6.02. The van der Waals surface area contributed by atoms with Crippen LogP contribution in [-0.4, -0.2) is 29.3 Å². The molecule has 116 valence electrons.